The monoisotopic (exact) mass is 371 g/mol. The lowest BCUT2D eigenvalue weighted by atomic mass is 10.2. The predicted molar refractivity (Wildman–Crippen MR) is 100 cm³/mol. The van der Waals surface area contributed by atoms with E-state index in [2.05, 4.69) is 10.4 Å². The summed E-state index contributed by atoms with van der Waals surface area (Å²) in [5.74, 6) is 0.809. The van der Waals surface area contributed by atoms with Gasteiger partial charge in [0.15, 0.2) is 11.5 Å². The molecule has 1 heterocycles. The van der Waals surface area contributed by atoms with E-state index in [0.717, 1.165) is 5.56 Å². The topological polar surface area (TPSA) is 65.4 Å². The largest absolute Gasteiger partial charge is 0.493 e. The van der Waals surface area contributed by atoms with Crippen molar-refractivity contribution in [1.82, 2.24) is 9.78 Å². The second-order valence-corrected chi connectivity index (χ2v) is 6.02. The first-order valence-corrected chi connectivity index (χ1v) is 8.27. The lowest BCUT2D eigenvalue weighted by Gasteiger charge is -2.09. The number of benzene rings is 2. The molecular formula is C19H18ClN3O3. The second kappa shape index (κ2) is 7.93. The Kier molecular flexibility index (Phi) is 5.43. The number of hydrogen-bond donors (Lipinski definition) is 1. The van der Waals surface area contributed by atoms with E-state index in [9.17, 15) is 4.79 Å². The highest BCUT2D eigenvalue weighted by Crippen LogP contribution is 2.27. The summed E-state index contributed by atoms with van der Waals surface area (Å²) in [7, 11) is 3.07. The fraction of sp³-hybridized carbons (Fsp3) is 0.158. The van der Waals surface area contributed by atoms with Crippen LogP contribution in [0.5, 0.6) is 11.5 Å². The van der Waals surface area contributed by atoms with Crippen molar-refractivity contribution in [3.8, 4) is 11.5 Å². The van der Waals surface area contributed by atoms with Gasteiger partial charge in [-0.1, -0.05) is 23.7 Å². The van der Waals surface area contributed by atoms with E-state index in [1.54, 1.807) is 42.4 Å². The van der Waals surface area contributed by atoms with E-state index >= 15 is 0 Å². The van der Waals surface area contributed by atoms with Crippen LogP contribution in [0.15, 0.2) is 54.9 Å². The molecule has 0 saturated heterocycles. The SMILES string of the molecule is COc1ccc(C(=O)Nc2cnn(Cc3cccc(Cl)c3)c2)cc1OC. The van der Waals surface area contributed by atoms with Crippen LogP contribution in [0, 0.1) is 0 Å². The molecule has 1 amide bonds. The maximum absolute atomic E-state index is 12.4. The molecule has 7 heteroatoms. The van der Waals surface area contributed by atoms with Gasteiger partial charge in [0, 0.05) is 16.8 Å². The van der Waals surface area contributed by atoms with Crippen LogP contribution in [0.1, 0.15) is 15.9 Å². The van der Waals surface area contributed by atoms with Crippen LogP contribution in [0.25, 0.3) is 0 Å². The molecule has 1 aromatic heterocycles. The van der Waals surface area contributed by atoms with Crippen LogP contribution in [-0.2, 0) is 6.54 Å². The summed E-state index contributed by atoms with van der Waals surface area (Å²) in [5, 5.41) is 7.76. The number of nitrogens with zero attached hydrogens (tertiary/aromatic N) is 2. The summed E-state index contributed by atoms with van der Waals surface area (Å²) >= 11 is 5.99. The minimum absolute atomic E-state index is 0.256. The van der Waals surface area contributed by atoms with Crippen molar-refractivity contribution in [1.29, 1.82) is 0 Å². The number of carbonyl (C=O) groups is 1. The zero-order valence-electron chi connectivity index (χ0n) is 14.4. The number of anilines is 1. The number of ether oxygens (including phenoxy) is 2. The Balaban J connectivity index is 1.69. The van der Waals surface area contributed by atoms with E-state index in [1.807, 2.05) is 24.3 Å². The molecule has 0 bridgehead atoms. The normalized spacial score (nSPS) is 10.4. The number of halogens is 1. The molecule has 0 spiro atoms. The van der Waals surface area contributed by atoms with E-state index in [0.29, 0.717) is 34.3 Å². The Bertz CT molecular complexity index is 924. The van der Waals surface area contributed by atoms with Crippen molar-refractivity contribution < 1.29 is 14.3 Å². The summed E-state index contributed by atoms with van der Waals surface area (Å²) in [4.78, 5) is 12.4. The molecule has 2 aromatic carbocycles. The van der Waals surface area contributed by atoms with Gasteiger partial charge in [0.05, 0.1) is 32.6 Å². The first kappa shape index (κ1) is 17.8. The number of methoxy groups -OCH3 is 2. The van der Waals surface area contributed by atoms with Gasteiger partial charge in [0.2, 0.25) is 0 Å². The predicted octanol–water partition coefficient (Wildman–Crippen LogP) is 3.85. The molecule has 0 radical (unpaired) electrons. The van der Waals surface area contributed by atoms with Gasteiger partial charge in [0.1, 0.15) is 0 Å². The van der Waals surface area contributed by atoms with E-state index in [4.69, 9.17) is 21.1 Å². The maximum atomic E-state index is 12.4. The average Bonchev–Trinajstić information content (AvgIpc) is 3.07. The molecule has 3 rings (SSSR count). The number of rotatable bonds is 6. The number of carbonyl (C=O) groups excluding carboxylic acids is 1. The average molecular weight is 372 g/mol. The molecule has 0 unspecified atom stereocenters. The lowest BCUT2D eigenvalue weighted by molar-refractivity contribution is 0.102. The molecule has 0 aliphatic carbocycles. The number of aromatic nitrogens is 2. The Morgan fingerprint density at radius 1 is 1.15 bits per heavy atom. The molecule has 1 N–H and O–H groups in total. The third kappa shape index (κ3) is 4.15. The van der Waals surface area contributed by atoms with Gasteiger partial charge >= 0.3 is 0 Å². The zero-order chi connectivity index (χ0) is 18.5. The fourth-order valence-corrected chi connectivity index (χ4v) is 2.73. The molecule has 0 fully saturated rings. The number of nitrogens with one attached hydrogen (secondary N) is 1. The van der Waals surface area contributed by atoms with Crippen LogP contribution in [0.4, 0.5) is 5.69 Å². The molecule has 0 saturated carbocycles. The first-order valence-electron chi connectivity index (χ1n) is 7.89. The Labute approximate surface area is 156 Å². The molecular weight excluding hydrogens is 354 g/mol. The maximum Gasteiger partial charge on any atom is 0.255 e. The number of amides is 1. The fourth-order valence-electron chi connectivity index (χ4n) is 2.52. The quantitative estimate of drug-likeness (QED) is 0.714. The van der Waals surface area contributed by atoms with Crippen LogP contribution in [-0.4, -0.2) is 29.9 Å². The zero-order valence-corrected chi connectivity index (χ0v) is 15.2. The molecule has 6 nitrogen and oxygen atoms in total. The second-order valence-electron chi connectivity index (χ2n) is 5.58. The van der Waals surface area contributed by atoms with Crippen LogP contribution in [0.3, 0.4) is 0 Å². The van der Waals surface area contributed by atoms with E-state index in [-0.39, 0.29) is 5.91 Å². The van der Waals surface area contributed by atoms with Crippen molar-refractivity contribution in [2.45, 2.75) is 6.54 Å². The Morgan fingerprint density at radius 2 is 1.96 bits per heavy atom. The van der Waals surface area contributed by atoms with Gasteiger partial charge in [-0.25, -0.2) is 0 Å². The van der Waals surface area contributed by atoms with E-state index in [1.165, 1.54) is 7.11 Å². The molecule has 3 aromatic rings. The van der Waals surface area contributed by atoms with Crippen molar-refractivity contribution >= 4 is 23.2 Å². The summed E-state index contributed by atoms with van der Waals surface area (Å²) in [6, 6.07) is 12.6. The highest BCUT2D eigenvalue weighted by Gasteiger charge is 2.12. The Morgan fingerprint density at radius 3 is 2.69 bits per heavy atom. The van der Waals surface area contributed by atoms with Crippen molar-refractivity contribution in [2.24, 2.45) is 0 Å². The minimum atomic E-state index is -0.256. The van der Waals surface area contributed by atoms with Crippen molar-refractivity contribution in [3.63, 3.8) is 0 Å². The summed E-state index contributed by atoms with van der Waals surface area (Å²) < 4.78 is 12.1. The van der Waals surface area contributed by atoms with Crippen LogP contribution < -0.4 is 14.8 Å². The lowest BCUT2D eigenvalue weighted by Crippen LogP contribution is -2.11. The molecule has 26 heavy (non-hydrogen) atoms. The van der Waals surface area contributed by atoms with Crippen molar-refractivity contribution in [3.05, 3.63) is 71.0 Å². The van der Waals surface area contributed by atoms with E-state index < -0.39 is 0 Å². The Hall–Kier alpha value is -2.99. The number of hydrogen-bond acceptors (Lipinski definition) is 4. The van der Waals surface area contributed by atoms with Gasteiger partial charge in [-0.05, 0) is 35.9 Å². The molecule has 0 aliphatic heterocycles. The molecule has 0 atom stereocenters. The smallest absolute Gasteiger partial charge is 0.255 e. The van der Waals surface area contributed by atoms with Crippen LogP contribution >= 0.6 is 11.6 Å². The third-order valence-electron chi connectivity index (χ3n) is 3.77. The van der Waals surface area contributed by atoms with Gasteiger partial charge < -0.3 is 14.8 Å². The minimum Gasteiger partial charge on any atom is -0.493 e. The van der Waals surface area contributed by atoms with Gasteiger partial charge in [-0.15, -0.1) is 0 Å². The van der Waals surface area contributed by atoms with Gasteiger partial charge in [0.25, 0.3) is 5.91 Å². The molecule has 0 aliphatic rings. The first-order chi connectivity index (χ1) is 12.6. The molecule has 134 valence electrons. The van der Waals surface area contributed by atoms with Gasteiger partial charge in [-0.3, -0.25) is 9.48 Å². The standard InChI is InChI=1S/C19H18ClN3O3/c1-25-17-7-6-14(9-18(17)26-2)19(24)22-16-10-21-23(12-16)11-13-4-3-5-15(20)8-13/h3-10,12H,11H2,1-2H3,(H,22,24). The highest BCUT2D eigenvalue weighted by molar-refractivity contribution is 6.30. The van der Waals surface area contributed by atoms with Gasteiger partial charge in [-0.2, -0.15) is 5.10 Å². The summed E-state index contributed by atoms with van der Waals surface area (Å²) in [6.07, 6.45) is 3.36. The summed E-state index contributed by atoms with van der Waals surface area (Å²) in [6.45, 7) is 0.562. The highest BCUT2D eigenvalue weighted by atomic mass is 35.5. The van der Waals surface area contributed by atoms with Crippen molar-refractivity contribution in [2.75, 3.05) is 19.5 Å². The third-order valence-corrected chi connectivity index (χ3v) is 4.01. The summed E-state index contributed by atoms with van der Waals surface area (Å²) in [5.41, 5.74) is 2.09. The van der Waals surface area contributed by atoms with Crippen LogP contribution in [0.2, 0.25) is 5.02 Å².